The first kappa shape index (κ1) is 19.3. The number of aryl methyl sites for hydroxylation is 1. The number of amides is 1. The maximum absolute atomic E-state index is 13.1. The fourth-order valence-corrected chi connectivity index (χ4v) is 3.95. The van der Waals surface area contributed by atoms with Crippen molar-refractivity contribution < 1.29 is 9.18 Å². The molecule has 1 N–H and O–H groups in total. The van der Waals surface area contributed by atoms with E-state index in [2.05, 4.69) is 15.4 Å². The predicted octanol–water partition coefficient (Wildman–Crippen LogP) is 5.41. The normalized spacial score (nSPS) is 10.9. The van der Waals surface area contributed by atoms with Gasteiger partial charge in [0.05, 0.1) is 23.5 Å². The average Bonchev–Trinajstić information content (AvgIpc) is 3.27. The number of aromatic nitrogens is 3. The molecule has 29 heavy (non-hydrogen) atoms. The third-order valence-electron chi connectivity index (χ3n) is 4.33. The van der Waals surface area contributed by atoms with E-state index in [1.54, 1.807) is 29.1 Å². The van der Waals surface area contributed by atoms with Gasteiger partial charge in [0, 0.05) is 10.9 Å². The number of anilines is 1. The molecule has 0 fully saturated rings. The number of nitrogens with one attached hydrogen (secondary N) is 1. The van der Waals surface area contributed by atoms with Crippen molar-refractivity contribution in [3.05, 3.63) is 87.8 Å². The number of halogens is 2. The highest BCUT2D eigenvalue weighted by Gasteiger charge is 2.21. The highest BCUT2D eigenvalue weighted by Crippen LogP contribution is 2.27. The van der Waals surface area contributed by atoms with Crippen LogP contribution in [-0.2, 0) is 6.54 Å². The van der Waals surface area contributed by atoms with Crippen LogP contribution in [0.3, 0.4) is 0 Å². The zero-order valence-electron chi connectivity index (χ0n) is 15.4. The Labute approximate surface area is 175 Å². The van der Waals surface area contributed by atoms with Crippen LogP contribution >= 0.6 is 22.9 Å². The lowest BCUT2D eigenvalue weighted by molar-refractivity contribution is 0.102. The number of nitrogens with zero attached hydrogens (tertiary/aromatic N) is 3. The number of hydrogen-bond acceptors (Lipinski definition) is 4. The van der Waals surface area contributed by atoms with Gasteiger partial charge in [-0.2, -0.15) is 5.10 Å². The summed E-state index contributed by atoms with van der Waals surface area (Å²) in [5.41, 5.74) is 3.33. The zero-order valence-corrected chi connectivity index (χ0v) is 17.0. The Balaban J connectivity index is 1.52. The molecule has 0 atom stereocenters. The van der Waals surface area contributed by atoms with E-state index in [1.165, 1.54) is 23.5 Å². The molecule has 1 amide bonds. The van der Waals surface area contributed by atoms with Crippen molar-refractivity contribution in [1.29, 1.82) is 0 Å². The molecule has 146 valence electrons. The molecule has 2 heterocycles. The molecule has 2 aromatic carbocycles. The number of benzene rings is 2. The molecule has 2 aromatic heterocycles. The Kier molecular flexibility index (Phi) is 5.42. The molecule has 0 aliphatic rings. The van der Waals surface area contributed by atoms with E-state index in [0.717, 1.165) is 11.1 Å². The topological polar surface area (TPSA) is 59.8 Å². The second-order valence-electron chi connectivity index (χ2n) is 6.39. The standard InChI is InChI=1S/C21H16ClFN4OS/c1-13-18(19(22)27(26-13)11-14-5-3-2-4-6-14)20(28)25-21-24-17(12-29-21)15-7-9-16(23)10-8-15/h2-10,12H,11H2,1H3,(H,24,25,28). The van der Waals surface area contributed by atoms with Gasteiger partial charge in [0.15, 0.2) is 5.13 Å². The minimum absolute atomic E-state index is 0.277. The van der Waals surface area contributed by atoms with Crippen LogP contribution in [0.15, 0.2) is 60.0 Å². The van der Waals surface area contributed by atoms with Crippen LogP contribution in [0.1, 0.15) is 21.6 Å². The van der Waals surface area contributed by atoms with Crippen molar-refractivity contribution in [2.24, 2.45) is 0 Å². The molecule has 0 saturated heterocycles. The van der Waals surface area contributed by atoms with Crippen LogP contribution in [0.25, 0.3) is 11.3 Å². The summed E-state index contributed by atoms with van der Waals surface area (Å²) in [5, 5.41) is 9.69. The molecule has 0 bridgehead atoms. The fourth-order valence-electron chi connectivity index (χ4n) is 2.92. The molecule has 0 radical (unpaired) electrons. The minimum atomic E-state index is -0.369. The number of carbonyl (C=O) groups is 1. The quantitative estimate of drug-likeness (QED) is 0.464. The molecular formula is C21H16ClFN4OS. The van der Waals surface area contributed by atoms with Crippen LogP contribution < -0.4 is 5.32 Å². The second-order valence-corrected chi connectivity index (χ2v) is 7.61. The Hall–Kier alpha value is -3.03. The molecule has 4 rings (SSSR count). The van der Waals surface area contributed by atoms with Gasteiger partial charge in [0.2, 0.25) is 0 Å². The van der Waals surface area contributed by atoms with E-state index in [0.29, 0.717) is 28.6 Å². The Bertz CT molecular complexity index is 1160. The van der Waals surface area contributed by atoms with Crippen LogP contribution in [0.5, 0.6) is 0 Å². The van der Waals surface area contributed by atoms with E-state index in [4.69, 9.17) is 11.6 Å². The van der Waals surface area contributed by atoms with Gasteiger partial charge in [-0.05, 0) is 36.8 Å². The smallest absolute Gasteiger partial charge is 0.262 e. The van der Waals surface area contributed by atoms with Crippen molar-refractivity contribution in [3.8, 4) is 11.3 Å². The van der Waals surface area contributed by atoms with Crippen LogP contribution in [0.2, 0.25) is 5.15 Å². The van der Waals surface area contributed by atoms with E-state index in [1.807, 2.05) is 30.3 Å². The van der Waals surface area contributed by atoms with Crippen LogP contribution in [0, 0.1) is 12.7 Å². The van der Waals surface area contributed by atoms with Crippen molar-refractivity contribution in [3.63, 3.8) is 0 Å². The van der Waals surface area contributed by atoms with Gasteiger partial charge in [0.1, 0.15) is 11.0 Å². The Morgan fingerprint density at radius 1 is 1.17 bits per heavy atom. The molecule has 0 spiro atoms. The van der Waals surface area contributed by atoms with Gasteiger partial charge in [-0.1, -0.05) is 41.9 Å². The number of carbonyl (C=O) groups excluding carboxylic acids is 1. The van der Waals surface area contributed by atoms with Gasteiger partial charge < -0.3 is 0 Å². The largest absolute Gasteiger partial charge is 0.298 e. The first-order valence-corrected chi connectivity index (χ1v) is 10.1. The molecule has 8 heteroatoms. The van der Waals surface area contributed by atoms with Gasteiger partial charge in [-0.15, -0.1) is 11.3 Å². The summed E-state index contributed by atoms with van der Waals surface area (Å²) < 4.78 is 14.7. The highest BCUT2D eigenvalue weighted by atomic mass is 35.5. The van der Waals surface area contributed by atoms with E-state index in [-0.39, 0.29) is 16.9 Å². The number of hydrogen-bond donors (Lipinski definition) is 1. The SMILES string of the molecule is Cc1nn(Cc2ccccc2)c(Cl)c1C(=O)Nc1nc(-c2ccc(F)cc2)cs1. The van der Waals surface area contributed by atoms with Crippen molar-refractivity contribution >= 4 is 34.0 Å². The van der Waals surface area contributed by atoms with Crippen molar-refractivity contribution in [1.82, 2.24) is 14.8 Å². The molecule has 0 unspecified atom stereocenters. The first-order valence-electron chi connectivity index (χ1n) is 8.81. The summed E-state index contributed by atoms with van der Waals surface area (Å²) >= 11 is 7.73. The summed E-state index contributed by atoms with van der Waals surface area (Å²) in [6.07, 6.45) is 0. The monoisotopic (exact) mass is 426 g/mol. The van der Waals surface area contributed by atoms with E-state index < -0.39 is 0 Å². The Morgan fingerprint density at radius 3 is 2.62 bits per heavy atom. The average molecular weight is 427 g/mol. The van der Waals surface area contributed by atoms with E-state index in [9.17, 15) is 9.18 Å². The zero-order chi connectivity index (χ0) is 20.4. The number of thiazole rings is 1. The summed E-state index contributed by atoms with van der Waals surface area (Å²) in [5.74, 6) is -0.679. The Morgan fingerprint density at radius 2 is 1.90 bits per heavy atom. The summed E-state index contributed by atoms with van der Waals surface area (Å²) in [6, 6.07) is 15.8. The second kappa shape index (κ2) is 8.14. The fraction of sp³-hybridized carbons (Fsp3) is 0.0952. The first-order chi connectivity index (χ1) is 14.0. The summed E-state index contributed by atoms with van der Waals surface area (Å²) in [4.78, 5) is 17.2. The maximum Gasteiger partial charge on any atom is 0.262 e. The molecule has 4 aromatic rings. The molecule has 0 aliphatic heterocycles. The van der Waals surface area contributed by atoms with Gasteiger partial charge in [-0.25, -0.2) is 14.1 Å². The molecule has 0 aliphatic carbocycles. The molecular weight excluding hydrogens is 411 g/mol. The summed E-state index contributed by atoms with van der Waals surface area (Å²) in [6.45, 7) is 2.22. The third-order valence-corrected chi connectivity index (χ3v) is 5.47. The maximum atomic E-state index is 13.1. The van der Waals surface area contributed by atoms with Crippen molar-refractivity contribution in [2.75, 3.05) is 5.32 Å². The summed E-state index contributed by atoms with van der Waals surface area (Å²) in [7, 11) is 0. The highest BCUT2D eigenvalue weighted by molar-refractivity contribution is 7.14. The number of rotatable bonds is 5. The lowest BCUT2D eigenvalue weighted by Gasteiger charge is -2.04. The van der Waals surface area contributed by atoms with E-state index >= 15 is 0 Å². The molecule has 5 nitrogen and oxygen atoms in total. The van der Waals surface area contributed by atoms with Gasteiger partial charge in [0.25, 0.3) is 5.91 Å². The van der Waals surface area contributed by atoms with Gasteiger partial charge >= 0.3 is 0 Å². The predicted molar refractivity (Wildman–Crippen MR) is 113 cm³/mol. The van der Waals surface area contributed by atoms with Gasteiger partial charge in [-0.3, -0.25) is 10.1 Å². The van der Waals surface area contributed by atoms with Crippen LogP contribution in [-0.4, -0.2) is 20.7 Å². The molecule has 0 saturated carbocycles. The lowest BCUT2D eigenvalue weighted by atomic mass is 10.2. The van der Waals surface area contributed by atoms with Crippen LogP contribution in [0.4, 0.5) is 9.52 Å². The lowest BCUT2D eigenvalue weighted by Crippen LogP contribution is -2.13. The third kappa shape index (κ3) is 4.21. The minimum Gasteiger partial charge on any atom is -0.298 e. The van der Waals surface area contributed by atoms with Crippen molar-refractivity contribution in [2.45, 2.75) is 13.5 Å².